The van der Waals surface area contributed by atoms with Gasteiger partial charge in [-0.2, -0.15) is 0 Å². The molecule has 106 valence electrons. The molecule has 0 aliphatic carbocycles. The van der Waals surface area contributed by atoms with E-state index in [0.717, 1.165) is 0 Å². The molecule has 0 amide bonds. The number of methoxy groups -OCH3 is 1. The molecular weight excluding hydrogens is 280 g/mol. The van der Waals surface area contributed by atoms with Crippen molar-refractivity contribution in [2.45, 2.75) is 5.03 Å². The molecule has 7 nitrogen and oxygen atoms in total. The van der Waals surface area contributed by atoms with Crippen molar-refractivity contribution in [3.05, 3.63) is 12.5 Å². The highest BCUT2D eigenvalue weighted by atomic mass is 35.5. The van der Waals surface area contributed by atoms with Crippen molar-refractivity contribution in [3.63, 3.8) is 0 Å². The van der Waals surface area contributed by atoms with Crippen molar-refractivity contribution in [1.29, 1.82) is 0 Å². The minimum absolute atomic E-state index is 0. The van der Waals surface area contributed by atoms with E-state index in [4.69, 9.17) is 4.74 Å². The monoisotopic (exact) mass is 298 g/mol. The molecule has 18 heavy (non-hydrogen) atoms. The van der Waals surface area contributed by atoms with E-state index in [-0.39, 0.29) is 17.4 Å². The predicted molar refractivity (Wildman–Crippen MR) is 70.4 cm³/mol. The van der Waals surface area contributed by atoms with Crippen LogP contribution in [0.1, 0.15) is 0 Å². The highest BCUT2D eigenvalue weighted by Crippen LogP contribution is 2.02. The van der Waals surface area contributed by atoms with Gasteiger partial charge < -0.3 is 14.6 Å². The van der Waals surface area contributed by atoms with Crippen molar-refractivity contribution in [2.24, 2.45) is 7.05 Å². The average molecular weight is 299 g/mol. The van der Waals surface area contributed by atoms with Crippen molar-refractivity contribution >= 4 is 22.4 Å². The number of halogens is 1. The van der Waals surface area contributed by atoms with Crippen LogP contribution < -0.4 is 10.0 Å². The largest absolute Gasteiger partial charge is 0.383 e. The molecule has 9 heteroatoms. The second kappa shape index (κ2) is 8.44. The summed E-state index contributed by atoms with van der Waals surface area (Å²) in [7, 11) is -0.148. The van der Waals surface area contributed by atoms with Gasteiger partial charge in [0, 0.05) is 40.0 Å². The van der Waals surface area contributed by atoms with E-state index in [0.29, 0.717) is 26.2 Å². The van der Waals surface area contributed by atoms with Crippen LogP contribution in [0.15, 0.2) is 17.6 Å². The van der Waals surface area contributed by atoms with Crippen LogP contribution in [0.3, 0.4) is 0 Å². The first-order valence-corrected chi connectivity index (χ1v) is 6.72. The van der Waals surface area contributed by atoms with Crippen LogP contribution in [0.25, 0.3) is 0 Å². The number of hydrogen-bond donors (Lipinski definition) is 2. The van der Waals surface area contributed by atoms with Gasteiger partial charge in [-0.3, -0.25) is 0 Å². The Balaban J connectivity index is 0.00000289. The summed E-state index contributed by atoms with van der Waals surface area (Å²) in [5.41, 5.74) is 0. The number of nitrogens with zero attached hydrogens (tertiary/aromatic N) is 2. The van der Waals surface area contributed by atoms with E-state index in [1.54, 1.807) is 18.7 Å². The minimum atomic E-state index is -3.49. The van der Waals surface area contributed by atoms with Crippen LogP contribution in [-0.4, -0.2) is 51.3 Å². The lowest BCUT2D eigenvalue weighted by atomic mass is 10.6. The molecule has 1 heterocycles. The fourth-order valence-electron chi connectivity index (χ4n) is 1.17. The molecule has 0 bridgehead atoms. The zero-order valence-corrected chi connectivity index (χ0v) is 12.1. The Bertz CT molecular complexity index is 435. The second-order valence-corrected chi connectivity index (χ2v) is 5.23. The molecule has 0 aliphatic rings. The van der Waals surface area contributed by atoms with Gasteiger partial charge in [0.05, 0.1) is 12.9 Å². The molecule has 0 saturated carbocycles. The number of nitrogens with one attached hydrogen (secondary N) is 2. The first-order chi connectivity index (χ1) is 8.06. The van der Waals surface area contributed by atoms with Crippen LogP contribution in [0, 0.1) is 0 Å². The van der Waals surface area contributed by atoms with Gasteiger partial charge in [-0.15, -0.1) is 12.4 Å². The topological polar surface area (TPSA) is 85.3 Å². The summed E-state index contributed by atoms with van der Waals surface area (Å²) < 4.78 is 32.3. The Morgan fingerprint density at radius 1 is 1.39 bits per heavy atom. The van der Waals surface area contributed by atoms with Gasteiger partial charge in [-0.25, -0.2) is 18.1 Å². The molecule has 0 aliphatic heterocycles. The molecule has 0 saturated heterocycles. The number of hydrogen-bond acceptors (Lipinski definition) is 5. The van der Waals surface area contributed by atoms with Gasteiger partial charge in [0.1, 0.15) is 0 Å². The molecular formula is C9H19ClN4O3S. The third kappa shape index (κ3) is 5.78. The third-order valence-corrected chi connectivity index (χ3v) is 3.38. The fraction of sp³-hybridized carbons (Fsp3) is 0.667. The molecule has 0 unspecified atom stereocenters. The lowest BCUT2D eigenvalue weighted by Gasteiger charge is -2.05. The Labute approximate surface area is 113 Å². The summed E-state index contributed by atoms with van der Waals surface area (Å²) in [5, 5.41) is 3.08. The number of aryl methyl sites for hydroxylation is 1. The maximum absolute atomic E-state index is 11.7. The summed E-state index contributed by atoms with van der Waals surface area (Å²) in [5.74, 6) is 0. The SMILES string of the molecule is COCCNCCNS(=O)(=O)c1cn(C)cn1.Cl. The van der Waals surface area contributed by atoms with Crippen LogP contribution in [0.5, 0.6) is 0 Å². The van der Waals surface area contributed by atoms with Gasteiger partial charge in [-0.05, 0) is 0 Å². The van der Waals surface area contributed by atoms with E-state index >= 15 is 0 Å². The van der Waals surface area contributed by atoms with Crippen molar-refractivity contribution in [1.82, 2.24) is 19.6 Å². The zero-order valence-electron chi connectivity index (χ0n) is 10.4. The average Bonchev–Trinajstić information content (AvgIpc) is 2.71. The van der Waals surface area contributed by atoms with Gasteiger partial charge >= 0.3 is 0 Å². The summed E-state index contributed by atoms with van der Waals surface area (Å²) in [6.07, 6.45) is 2.91. The van der Waals surface area contributed by atoms with Crippen LogP contribution in [0.2, 0.25) is 0 Å². The van der Waals surface area contributed by atoms with E-state index in [1.807, 2.05) is 0 Å². The zero-order chi connectivity index (χ0) is 12.7. The molecule has 0 atom stereocenters. The minimum Gasteiger partial charge on any atom is -0.383 e. The number of ether oxygens (including phenoxy) is 1. The smallest absolute Gasteiger partial charge is 0.259 e. The Hall–Kier alpha value is -0.670. The number of rotatable bonds is 8. The first-order valence-electron chi connectivity index (χ1n) is 5.23. The third-order valence-electron chi connectivity index (χ3n) is 2.03. The van der Waals surface area contributed by atoms with Crippen LogP contribution in [-0.2, 0) is 21.8 Å². The van der Waals surface area contributed by atoms with Crippen molar-refractivity contribution in [3.8, 4) is 0 Å². The number of imidazole rings is 1. The van der Waals surface area contributed by atoms with Crippen molar-refractivity contribution < 1.29 is 13.2 Å². The molecule has 0 aromatic carbocycles. The Kier molecular flexibility index (Phi) is 8.12. The van der Waals surface area contributed by atoms with Gasteiger partial charge in [-0.1, -0.05) is 0 Å². The van der Waals surface area contributed by atoms with E-state index in [1.165, 1.54) is 12.5 Å². The second-order valence-electron chi connectivity index (χ2n) is 3.52. The lowest BCUT2D eigenvalue weighted by Crippen LogP contribution is -2.33. The van der Waals surface area contributed by atoms with E-state index in [2.05, 4.69) is 15.0 Å². The van der Waals surface area contributed by atoms with Gasteiger partial charge in [0.25, 0.3) is 10.0 Å². The number of sulfonamides is 1. The first kappa shape index (κ1) is 17.3. The summed E-state index contributed by atoms with van der Waals surface area (Å²) in [4.78, 5) is 3.79. The Morgan fingerprint density at radius 2 is 2.11 bits per heavy atom. The van der Waals surface area contributed by atoms with Crippen LogP contribution >= 0.6 is 12.4 Å². The standard InChI is InChI=1S/C9H18N4O3S.ClH/c1-13-7-9(11-8-13)17(14,15)12-4-3-10-5-6-16-2;/h7-8,10,12H,3-6H2,1-2H3;1H. The molecule has 1 aromatic rings. The summed E-state index contributed by atoms with van der Waals surface area (Å²) in [6, 6.07) is 0. The molecule has 2 N–H and O–H groups in total. The quantitative estimate of drug-likeness (QED) is 0.623. The maximum Gasteiger partial charge on any atom is 0.259 e. The van der Waals surface area contributed by atoms with E-state index in [9.17, 15) is 8.42 Å². The highest BCUT2D eigenvalue weighted by molar-refractivity contribution is 7.89. The number of aromatic nitrogens is 2. The van der Waals surface area contributed by atoms with Crippen molar-refractivity contribution in [2.75, 3.05) is 33.4 Å². The molecule has 1 rings (SSSR count). The van der Waals surface area contributed by atoms with Crippen LogP contribution in [0.4, 0.5) is 0 Å². The van der Waals surface area contributed by atoms with Gasteiger partial charge in [0.2, 0.25) is 0 Å². The molecule has 0 radical (unpaired) electrons. The normalized spacial score (nSPS) is 11.2. The summed E-state index contributed by atoms with van der Waals surface area (Å²) in [6.45, 7) is 2.17. The maximum atomic E-state index is 11.7. The fourth-order valence-corrected chi connectivity index (χ4v) is 2.18. The molecule has 1 aromatic heterocycles. The van der Waals surface area contributed by atoms with E-state index < -0.39 is 10.0 Å². The highest BCUT2D eigenvalue weighted by Gasteiger charge is 2.15. The Morgan fingerprint density at radius 3 is 2.67 bits per heavy atom. The molecule has 0 fully saturated rings. The summed E-state index contributed by atoms with van der Waals surface area (Å²) >= 11 is 0. The molecule has 0 spiro atoms. The lowest BCUT2D eigenvalue weighted by molar-refractivity contribution is 0.199. The van der Waals surface area contributed by atoms with Gasteiger partial charge in [0.15, 0.2) is 5.03 Å². The predicted octanol–water partition coefficient (Wildman–Crippen LogP) is -0.644.